The minimum absolute atomic E-state index is 0.653. The molecule has 4 aromatic rings. The van der Waals surface area contributed by atoms with Gasteiger partial charge in [0.2, 0.25) is 0 Å². The summed E-state index contributed by atoms with van der Waals surface area (Å²) in [5.41, 5.74) is 6.80. The number of fused-ring (bicyclic) bond motifs is 2. The van der Waals surface area contributed by atoms with Crippen molar-refractivity contribution in [2.24, 2.45) is 0 Å². The van der Waals surface area contributed by atoms with Gasteiger partial charge in [-0.05, 0) is 36.3 Å². The molecule has 0 bridgehead atoms. The highest BCUT2D eigenvalue weighted by atomic mass is 16.5. The van der Waals surface area contributed by atoms with Crippen LogP contribution in [-0.4, -0.2) is 41.5 Å². The van der Waals surface area contributed by atoms with Crippen LogP contribution in [0.5, 0.6) is 0 Å². The number of rotatable bonds is 5. The molecule has 1 aliphatic heterocycles. The van der Waals surface area contributed by atoms with Crippen LogP contribution in [0.1, 0.15) is 12.1 Å². The first kappa shape index (κ1) is 17.2. The zero-order valence-electron chi connectivity index (χ0n) is 15.9. The number of ether oxygens (including phenoxy) is 2. The van der Waals surface area contributed by atoms with E-state index in [2.05, 4.69) is 58.2 Å². The number of hydrogen-bond donors (Lipinski definition) is 1. The number of benzene rings is 1. The fraction of sp³-hybridized carbons (Fsp3) is 0.261. The molecule has 5 nitrogen and oxygen atoms in total. The third kappa shape index (κ3) is 2.93. The van der Waals surface area contributed by atoms with Crippen molar-refractivity contribution in [1.29, 1.82) is 0 Å². The molecule has 0 radical (unpaired) electrons. The fourth-order valence-corrected chi connectivity index (χ4v) is 4.01. The number of nitrogens with one attached hydrogen (secondary N) is 1. The summed E-state index contributed by atoms with van der Waals surface area (Å²) in [5, 5.41) is 2.38. The van der Waals surface area contributed by atoms with E-state index in [4.69, 9.17) is 14.5 Å². The average Bonchev–Trinajstić information content (AvgIpc) is 3.39. The predicted molar refractivity (Wildman–Crippen MR) is 112 cm³/mol. The molecule has 1 N–H and O–H groups in total. The van der Waals surface area contributed by atoms with E-state index < -0.39 is 0 Å². The molecule has 142 valence electrons. The lowest BCUT2D eigenvalue weighted by Crippen LogP contribution is -2.06. The van der Waals surface area contributed by atoms with E-state index in [1.54, 1.807) is 7.11 Å². The Morgan fingerprint density at radius 2 is 2.18 bits per heavy atom. The number of hydrogen-bond acceptors (Lipinski definition) is 3. The van der Waals surface area contributed by atoms with E-state index in [9.17, 15) is 0 Å². The summed E-state index contributed by atoms with van der Waals surface area (Å²) in [7, 11) is 1.74. The van der Waals surface area contributed by atoms with Crippen LogP contribution < -0.4 is 0 Å². The van der Waals surface area contributed by atoms with Gasteiger partial charge in [-0.1, -0.05) is 18.2 Å². The Morgan fingerprint density at radius 3 is 3.04 bits per heavy atom. The lowest BCUT2D eigenvalue weighted by Gasteiger charge is -2.16. The van der Waals surface area contributed by atoms with E-state index >= 15 is 0 Å². The monoisotopic (exact) mass is 373 g/mol. The highest BCUT2D eigenvalue weighted by Gasteiger charge is 2.17. The molecule has 0 saturated carbocycles. The second kappa shape index (κ2) is 7.26. The molecule has 28 heavy (non-hydrogen) atoms. The molecule has 4 heterocycles. The van der Waals surface area contributed by atoms with Crippen LogP contribution in [0, 0.1) is 0 Å². The van der Waals surface area contributed by atoms with Gasteiger partial charge in [-0.15, -0.1) is 0 Å². The van der Waals surface area contributed by atoms with Gasteiger partial charge in [-0.25, -0.2) is 4.98 Å². The zero-order chi connectivity index (χ0) is 18.9. The topological polar surface area (TPSA) is 52.1 Å². The second-order valence-corrected chi connectivity index (χ2v) is 7.09. The highest BCUT2D eigenvalue weighted by molar-refractivity contribution is 5.98. The molecule has 0 unspecified atom stereocenters. The summed E-state index contributed by atoms with van der Waals surface area (Å²) in [4.78, 5) is 8.44. The van der Waals surface area contributed by atoms with Gasteiger partial charge in [0.15, 0.2) is 0 Å². The van der Waals surface area contributed by atoms with Gasteiger partial charge in [0.05, 0.1) is 36.7 Å². The number of aromatic nitrogens is 3. The van der Waals surface area contributed by atoms with Gasteiger partial charge in [-0.3, -0.25) is 0 Å². The largest absolute Gasteiger partial charge is 0.383 e. The summed E-state index contributed by atoms with van der Waals surface area (Å²) in [5.74, 6) is 0. The van der Waals surface area contributed by atoms with Gasteiger partial charge >= 0.3 is 0 Å². The Labute approximate surface area is 163 Å². The molecule has 1 aromatic carbocycles. The Bertz CT molecular complexity index is 1170. The molecular weight excluding hydrogens is 350 g/mol. The summed E-state index contributed by atoms with van der Waals surface area (Å²) in [6.07, 6.45) is 7.17. The molecule has 0 aliphatic carbocycles. The minimum atomic E-state index is 0.653. The molecule has 0 fully saturated rings. The summed E-state index contributed by atoms with van der Waals surface area (Å²) >= 11 is 0. The van der Waals surface area contributed by atoms with Crippen LogP contribution in [0.25, 0.3) is 38.6 Å². The van der Waals surface area contributed by atoms with E-state index in [1.165, 1.54) is 21.9 Å². The van der Waals surface area contributed by atoms with Gasteiger partial charge in [-0.2, -0.15) is 0 Å². The Hall–Kier alpha value is -2.89. The van der Waals surface area contributed by atoms with Gasteiger partial charge < -0.3 is 19.0 Å². The maximum Gasteiger partial charge on any atom is 0.0761 e. The lowest BCUT2D eigenvalue weighted by molar-refractivity contribution is 0.161. The maximum absolute atomic E-state index is 5.52. The van der Waals surface area contributed by atoms with E-state index in [-0.39, 0.29) is 0 Å². The van der Waals surface area contributed by atoms with Crippen molar-refractivity contribution in [3.05, 3.63) is 60.6 Å². The van der Waals surface area contributed by atoms with Crippen molar-refractivity contribution in [2.75, 3.05) is 26.9 Å². The molecule has 0 amide bonds. The smallest absolute Gasteiger partial charge is 0.0761 e. The van der Waals surface area contributed by atoms with Gasteiger partial charge in [0.25, 0.3) is 0 Å². The number of H-pyrrole nitrogens is 1. The molecule has 1 aliphatic rings. The van der Waals surface area contributed by atoms with Crippen molar-refractivity contribution >= 4 is 27.4 Å². The third-order valence-corrected chi connectivity index (χ3v) is 5.44. The van der Waals surface area contributed by atoms with Gasteiger partial charge in [0.1, 0.15) is 0 Å². The van der Waals surface area contributed by atoms with E-state index in [0.717, 1.165) is 42.0 Å². The van der Waals surface area contributed by atoms with E-state index in [1.807, 2.05) is 6.20 Å². The first-order valence-electron chi connectivity index (χ1n) is 9.67. The number of methoxy groups -OCH3 is 1. The average molecular weight is 373 g/mol. The van der Waals surface area contributed by atoms with Crippen LogP contribution in [0.15, 0.2) is 54.9 Å². The quantitative estimate of drug-likeness (QED) is 0.555. The minimum Gasteiger partial charge on any atom is -0.383 e. The molecule has 5 rings (SSSR count). The number of pyridine rings is 1. The third-order valence-electron chi connectivity index (χ3n) is 5.44. The highest BCUT2D eigenvalue weighted by Crippen LogP contribution is 2.34. The Balaban J connectivity index is 1.75. The standard InChI is InChI=1S/C23H23N3O2/c1-27-14-11-26-10-6-19-22(26)15-21(25-23(19)16-7-12-28-13-8-16)17-3-2-4-20-18(17)5-9-24-20/h2-7,9-10,15,24H,8,11-14H2,1H3. The molecule has 5 heteroatoms. The molecule has 0 saturated heterocycles. The van der Waals surface area contributed by atoms with Crippen molar-refractivity contribution in [2.45, 2.75) is 13.0 Å². The molecular formula is C23H23N3O2. The SMILES string of the molecule is COCCn1ccc2c(C3=CCOCC3)nc(-c3cccc4[nH]ccc34)cc21. The van der Waals surface area contributed by atoms with E-state index in [0.29, 0.717) is 13.2 Å². The normalized spacial score (nSPS) is 14.7. The van der Waals surface area contributed by atoms with Crippen LogP contribution in [0.4, 0.5) is 0 Å². The Morgan fingerprint density at radius 1 is 1.21 bits per heavy atom. The zero-order valence-corrected chi connectivity index (χ0v) is 15.9. The van der Waals surface area contributed by atoms with Crippen LogP contribution >= 0.6 is 0 Å². The second-order valence-electron chi connectivity index (χ2n) is 7.09. The summed E-state index contributed by atoms with van der Waals surface area (Å²) < 4.78 is 13.1. The lowest BCUT2D eigenvalue weighted by atomic mass is 10.0. The van der Waals surface area contributed by atoms with Crippen LogP contribution in [-0.2, 0) is 16.0 Å². The van der Waals surface area contributed by atoms with Crippen molar-refractivity contribution in [1.82, 2.24) is 14.5 Å². The van der Waals surface area contributed by atoms with Crippen molar-refractivity contribution in [3.63, 3.8) is 0 Å². The van der Waals surface area contributed by atoms with Crippen LogP contribution in [0.3, 0.4) is 0 Å². The molecule has 3 aromatic heterocycles. The number of nitrogens with zero attached hydrogens (tertiary/aromatic N) is 2. The Kier molecular flexibility index (Phi) is 4.47. The first-order chi connectivity index (χ1) is 13.8. The predicted octanol–water partition coefficient (Wildman–Crippen LogP) is 4.63. The summed E-state index contributed by atoms with van der Waals surface area (Å²) in [6, 6.07) is 12.8. The van der Waals surface area contributed by atoms with Crippen molar-refractivity contribution < 1.29 is 9.47 Å². The van der Waals surface area contributed by atoms with Crippen molar-refractivity contribution in [3.8, 4) is 11.3 Å². The van der Waals surface area contributed by atoms with Gasteiger partial charge in [0, 0.05) is 47.9 Å². The molecule has 0 spiro atoms. The molecule has 0 atom stereocenters. The maximum atomic E-state index is 5.52. The first-order valence-corrected chi connectivity index (χ1v) is 9.67. The number of aromatic amines is 1. The fourth-order valence-electron chi connectivity index (χ4n) is 4.01. The summed E-state index contributed by atoms with van der Waals surface area (Å²) in [6.45, 7) is 2.90. The van der Waals surface area contributed by atoms with Crippen LogP contribution in [0.2, 0.25) is 0 Å².